The monoisotopic (exact) mass is 538 g/mol. The van der Waals surface area contributed by atoms with Gasteiger partial charge in [0.25, 0.3) is 5.91 Å². The first-order valence-electron chi connectivity index (χ1n) is 12.4. The van der Waals surface area contributed by atoms with Gasteiger partial charge in [0.05, 0.1) is 11.5 Å². The summed E-state index contributed by atoms with van der Waals surface area (Å²) in [7, 11) is 1.35. The summed E-state index contributed by atoms with van der Waals surface area (Å²) in [5, 5.41) is 12.8. The second-order valence-electron chi connectivity index (χ2n) is 10.4. The number of hydrogen-bond donors (Lipinski definition) is 2. The normalized spacial score (nSPS) is 20.8. The minimum Gasteiger partial charge on any atom is -0.331 e. The summed E-state index contributed by atoms with van der Waals surface area (Å²) in [6, 6.07) is 7.57. The first-order chi connectivity index (χ1) is 18.5. The molecule has 0 aliphatic carbocycles. The van der Waals surface area contributed by atoms with Gasteiger partial charge in [-0.15, -0.1) is 0 Å². The Hall–Kier alpha value is -4.40. The second kappa shape index (κ2) is 9.41. The van der Waals surface area contributed by atoms with Crippen LogP contribution in [-0.2, 0) is 15.0 Å². The Balaban J connectivity index is 1.48. The average molecular weight is 539 g/mol. The number of fused-ring (bicyclic) bond motifs is 3. The fourth-order valence-corrected chi connectivity index (χ4v) is 5.53. The van der Waals surface area contributed by atoms with E-state index in [0.717, 1.165) is 4.90 Å². The molecule has 3 atom stereocenters. The third-order valence-electron chi connectivity index (χ3n) is 7.50. The SMILES string of the molecule is CC(C)C[C@@H](C(=O)N1C[C@]2(CC1C#N)C(=O)Nc1ccccc12)N(C)C(=O)c1nc2c(F)cc(F)c(F)c2[nH]1. The molecule has 2 aromatic carbocycles. The van der Waals surface area contributed by atoms with E-state index in [1.165, 1.54) is 11.9 Å². The molecule has 1 unspecified atom stereocenters. The van der Waals surface area contributed by atoms with E-state index in [4.69, 9.17) is 0 Å². The lowest BCUT2D eigenvalue weighted by atomic mass is 9.80. The molecule has 0 bridgehead atoms. The number of H-pyrrole nitrogens is 1. The van der Waals surface area contributed by atoms with Gasteiger partial charge in [-0.25, -0.2) is 18.2 Å². The number of carbonyl (C=O) groups excluding carboxylic acids is 3. The van der Waals surface area contributed by atoms with Crippen LogP contribution in [0.3, 0.4) is 0 Å². The summed E-state index contributed by atoms with van der Waals surface area (Å²) >= 11 is 0. The molecule has 0 radical (unpaired) electrons. The highest BCUT2D eigenvalue weighted by Crippen LogP contribution is 2.46. The quantitative estimate of drug-likeness (QED) is 0.482. The van der Waals surface area contributed by atoms with Gasteiger partial charge in [-0.3, -0.25) is 14.4 Å². The molecule has 3 amide bonds. The van der Waals surface area contributed by atoms with Crippen molar-refractivity contribution in [2.75, 3.05) is 18.9 Å². The van der Waals surface area contributed by atoms with Crippen LogP contribution in [0.2, 0.25) is 0 Å². The molecule has 2 aliphatic heterocycles. The van der Waals surface area contributed by atoms with E-state index in [9.17, 15) is 32.8 Å². The van der Waals surface area contributed by atoms with Crippen LogP contribution in [0.25, 0.3) is 11.0 Å². The van der Waals surface area contributed by atoms with E-state index in [2.05, 4.69) is 21.4 Å². The van der Waals surface area contributed by atoms with Gasteiger partial charge in [-0.1, -0.05) is 32.0 Å². The highest BCUT2D eigenvalue weighted by molar-refractivity contribution is 6.07. The molecule has 202 valence electrons. The molecule has 1 spiro atoms. The van der Waals surface area contributed by atoms with Gasteiger partial charge in [0.1, 0.15) is 23.1 Å². The van der Waals surface area contributed by atoms with E-state index in [1.54, 1.807) is 24.3 Å². The van der Waals surface area contributed by atoms with Crippen LogP contribution in [0.15, 0.2) is 30.3 Å². The zero-order valence-corrected chi connectivity index (χ0v) is 21.4. The van der Waals surface area contributed by atoms with Crippen LogP contribution in [0.5, 0.6) is 0 Å². The number of benzene rings is 2. The molecule has 5 rings (SSSR count). The molecular weight excluding hydrogens is 513 g/mol. The molecule has 3 aromatic rings. The second-order valence-corrected chi connectivity index (χ2v) is 10.4. The van der Waals surface area contributed by atoms with E-state index < -0.39 is 63.6 Å². The van der Waals surface area contributed by atoms with Gasteiger partial charge in [0, 0.05) is 31.8 Å². The number of aromatic amines is 1. The number of halogens is 3. The molecule has 1 fully saturated rings. The minimum atomic E-state index is -1.44. The van der Waals surface area contributed by atoms with E-state index >= 15 is 0 Å². The van der Waals surface area contributed by atoms with E-state index in [1.807, 2.05) is 13.8 Å². The molecule has 9 nitrogen and oxygen atoms in total. The lowest BCUT2D eigenvalue weighted by Crippen LogP contribution is -2.52. The van der Waals surface area contributed by atoms with E-state index in [-0.39, 0.29) is 31.2 Å². The Morgan fingerprint density at radius 2 is 1.97 bits per heavy atom. The number of carbonyl (C=O) groups is 3. The number of nitriles is 1. The van der Waals surface area contributed by atoms with Crippen molar-refractivity contribution in [2.24, 2.45) is 5.92 Å². The molecule has 1 aromatic heterocycles. The van der Waals surface area contributed by atoms with Gasteiger partial charge >= 0.3 is 0 Å². The van der Waals surface area contributed by atoms with Crippen molar-refractivity contribution in [1.82, 2.24) is 19.8 Å². The number of nitrogens with one attached hydrogen (secondary N) is 2. The van der Waals surface area contributed by atoms with Gasteiger partial charge in [0.15, 0.2) is 23.3 Å². The molecular formula is C27H25F3N6O3. The highest BCUT2D eigenvalue weighted by atomic mass is 19.2. The summed E-state index contributed by atoms with van der Waals surface area (Å²) < 4.78 is 42.1. The van der Waals surface area contributed by atoms with Gasteiger partial charge in [-0.05, 0) is 24.0 Å². The number of imidazole rings is 1. The Morgan fingerprint density at radius 1 is 1.26 bits per heavy atom. The maximum absolute atomic E-state index is 14.2. The Morgan fingerprint density at radius 3 is 2.67 bits per heavy atom. The first-order valence-corrected chi connectivity index (χ1v) is 12.4. The summed E-state index contributed by atoms with van der Waals surface area (Å²) in [6.07, 6.45) is 0.293. The van der Waals surface area contributed by atoms with Crippen LogP contribution in [-0.4, -0.2) is 63.2 Å². The third-order valence-corrected chi connectivity index (χ3v) is 7.50. The number of hydrogen-bond acceptors (Lipinski definition) is 5. The van der Waals surface area contributed by atoms with Crippen LogP contribution >= 0.6 is 0 Å². The number of anilines is 1. The smallest absolute Gasteiger partial charge is 0.290 e. The number of likely N-dealkylation sites (N-methyl/N-ethyl adjacent to an activating group) is 1. The lowest BCUT2D eigenvalue weighted by molar-refractivity contribution is -0.136. The van der Waals surface area contributed by atoms with Crippen molar-refractivity contribution in [1.29, 1.82) is 5.26 Å². The molecule has 1 saturated heterocycles. The number of likely N-dealkylation sites (tertiary alicyclic amines) is 1. The molecule has 2 aliphatic rings. The molecule has 12 heteroatoms. The van der Waals surface area contributed by atoms with Crippen LogP contribution < -0.4 is 5.32 Å². The summed E-state index contributed by atoms with van der Waals surface area (Å²) in [5.74, 6) is -6.21. The predicted molar refractivity (Wildman–Crippen MR) is 134 cm³/mol. The van der Waals surface area contributed by atoms with Crippen LogP contribution in [0.1, 0.15) is 42.9 Å². The van der Waals surface area contributed by atoms with Crippen molar-refractivity contribution in [3.8, 4) is 6.07 Å². The fraction of sp³-hybridized carbons (Fsp3) is 0.370. The van der Waals surface area contributed by atoms with Crippen LogP contribution in [0, 0.1) is 34.7 Å². The third kappa shape index (κ3) is 4.09. The van der Waals surface area contributed by atoms with Crippen molar-refractivity contribution < 1.29 is 27.6 Å². The summed E-state index contributed by atoms with van der Waals surface area (Å²) in [5.41, 5.74) is -0.924. The number of nitrogens with zero attached hydrogens (tertiary/aromatic N) is 4. The number of aromatic nitrogens is 2. The molecule has 39 heavy (non-hydrogen) atoms. The largest absolute Gasteiger partial charge is 0.331 e. The molecule has 0 saturated carbocycles. The highest BCUT2D eigenvalue weighted by Gasteiger charge is 2.56. The van der Waals surface area contributed by atoms with Crippen molar-refractivity contribution in [3.63, 3.8) is 0 Å². The first kappa shape index (κ1) is 26.2. The van der Waals surface area contributed by atoms with Gasteiger partial charge in [-0.2, -0.15) is 5.26 Å². The Labute approximate surface area is 221 Å². The van der Waals surface area contributed by atoms with E-state index in [0.29, 0.717) is 17.3 Å². The standard InChI is InChI=1S/C27H25F3N6O3/c1-13(2)8-19(35(3)25(38)23-33-21-17(29)9-16(28)20(30)22(21)34-23)24(37)36-12-27(10-14(36)11-31)15-6-4-5-7-18(15)32-26(27)39/h4-7,9,13-14,19H,8,10,12H2,1-3H3,(H,32,39)(H,33,34)/t14?,19-,27-/m0/s1. The zero-order valence-electron chi connectivity index (χ0n) is 21.4. The summed E-state index contributed by atoms with van der Waals surface area (Å²) in [4.78, 5) is 49.0. The van der Waals surface area contributed by atoms with Crippen LogP contribution in [0.4, 0.5) is 18.9 Å². The van der Waals surface area contributed by atoms with Crippen molar-refractivity contribution in [3.05, 3.63) is 59.2 Å². The lowest BCUT2D eigenvalue weighted by Gasteiger charge is -2.33. The maximum atomic E-state index is 14.2. The topological polar surface area (TPSA) is 122 Å². The number of amides is 3. The molecule has 2 N–H and O–H groups in total. The Bertz CT molecular complexity index is 1560. The number of para-hydroxylation sites is 1. The van der Waals surface area contributed by atoms with Crippen molar-refractivity contribution in [2.45, 2.75) is 44.2 Å². The zero-order chi connectivity index (χ0) is 28.2. The van der Waals surface area contributed by atoms with Gasteiger partial charge < -0.3 is 20.1 Å². The van der Waals surface area contributed by atoms with Gasteiger partial charge in [0.2, 0.25) is 11.8 Å². The Kier molecular flexibility index (Phi) is 6.33. The fourth-order valence-electron chi connectivity index (χ4n) is 5.53. The molecule has 3 heterocycles. The van der Waals surface area contributed by atoms with Crippen molar-refractivity contribution >= 4 is 34.4 Å². The summed E-state index contributed by atoms with van der Waals surface area (Å²) in [6.45, 7) is 3.65. The predicted octanol–water partition coefficient (Wildman–Crippen LogP) is 3.48. The average Bonchev–Trinajstić information content (AvgIpc) is 3.60. The number of rotatable bonds is 5. The maximum Gasteiger partial charge on any atom is 0.290 e. The minimum absolute atomic E-state index is 0.0517.